The molecule has 2 rings (SSSR count). The van der Waals surface area contributed by atoms with Gasteiger partial charge in [0.2, 0.25) is 0 Å². The van der Waals surface area contributed by atoms with Crippen LogP contribution >= 0.6 is 0 Å². The van der Waals surface area contributed by atoms with E-state index in [1.807, 2.05) is 6.92 Å². The number of rotatable bonds is 0. The molecule has 0 N–H and O–H groups in total. The van der Waals surface area contributed by atoms with Gasteiger partial charge in [0.25, 0.3) is 0 Å². The van der Waals surface area contributed by atoms with Gasteiger partial charge in [0.1, 0.15) is 6.10 Å². The van der Waals surface area contributed by atoms with Gasteiger partial charge in [-0.3, -0.25) is 4.79 Å². The van der Waals surface area contributed by atoms with Gasteiger partial charge in [-0.25, -0.2) is 0 Å². The molecule has 1 unspecified atom stereocenters. The molecular formula is C11H18O2. The first kappa shape index (κ1) is 9.04. The van der Waals surface area contributed by atoms with Crippen LogP contribution in [-0.2, 0) is 9.53 Å². The molecule has 1 saturated heterocycles. The Bertz CT molecular complexity index is 224. The van der Waals surface area contributed by atoms with Crippen LogP contribution in [0, 0.1) is 11.3 Å². The highest BCUT2D eigenvalue weighted by molar-refractivity contribution is 5.73. The predicted octanol–water partition coefficient (Wildman–Crippen LogP) is 2.52. The number of ether oxygens (including phenoxy) is 1. The molecule has 3 atom stereocenters. The summed E-state index contributed by atoms with van der Waals surface area (Å²) in [6.07, 6.45) is 6.07. The number of hydrogen-bond acceptors (Lipinski definition) is 2. The minimum atomic E-state index is 0.0179. The normalized spacial score (nSPS) is 45.2. The first-order valence-corrected chi connectivity index (χ1v) is 5.32. The lowest BCUT2D eigenvalue weighted by Crippen LogP contribution is -2.46. The minimum Gasteiger partial charge on any atom is -0.462 e. The van der Waals surface area contributed by atoms with Crippen molar-refractivity contribution in [3.8, 4) is 0 Å². The number of fused-ring (bicyclic) bond motifs is 1. The van der Waals surface area contributed by atoms with E-state index < -0.39 is 0 Å². The van der Waals surface area contributed by atoms with Crippen molar-refractivity contribution in [3.63, 3.8) is 0 Å². The van der Waals surface area contributed by atoms with E-state index in [9.17, 15) is 4.79 Å². The molecule has 2 nitrogen and oxygen atoms in total. The number of esters is 1. The third kappa shape index (κ3) is 1.47. The molecule has 74 valence electrons. The van der Waals surface area contributed by atoms with E-state index >= 15 is 0 Å². The van der Waals surface area contributed by atoms with Crippen LogP contribution in [0.2, 0.25) is 0 Å². The molecule has 1 aliphatic heterocycles. The SMILES string of the molecule is CC1C[C@@]2(C)CCCC[C@H]2OC1=O. The van der Waals surface area contributed by atoms with E-state index in [4.69, 9.17) is 4.74 Å². The highest BCUT2D eigenvalue weighted by Gasteiger charge is 2.45. The average molecular weight is 182 g/mol. The average Bonchev–Trinajstić information content (AvgIpc) is 2.07. The van der Waals surface area contributed by atoms with Gasteiger partial charge >= 0.3 is 5.97 Å². The molecule has 1 aliphatic carbocycles. The van der Waals surface area contributed by atoms with Gasteiger partial charge in [-0.2, -0.15) is 0 Å². The van der Waals surface area contributed by atoms with Crippen molar-refractivity contribution in [2.45, 2.75) is 52.1 Å². The highest BCUT2D eigenvalue weighted by atomic mass is 16.5. The van der Waals surface area contributed by atoms with Gasteiger partial charge in [0.05, 0.1) is 5.92 Å². The van der Waals surface area contributed by atoms with Crippen LogP contribution in [0.1, 0.15) is 46.0 Å². The fraction of sp³-hybridized carbons (Fsp3) is 0.909. The Labute approximate surface area is 79.7 Å². The smallest absolute Gasteiger partial charge is 0.308 e. The Morgan fingerprint density at radius 2 is 2.23 bits per heavy atom. The van der Waals surface area contributed by atoms with Gasteiger partial charge in [-0.05, 0) is 25.7 Å². The summed E-state index contributed by atoms with van der Waals surface area (Å²) in [7, 11) is 0. The lowest BCUT2D eigenvalue weighted by molar-refractivity contribution is -0.177. The second kappa shape index (κ2) is 3.00. The van der Waals surface area contributed by atoms with Crippen LogP contribution in [-0.4, -0.2) is 12.1 Å². The van der Waals surface area contributed by atoms with Crippen molar-refractivity contribution in [1.82, 2.24) is 0 Å². The summed E-state index contributed by atoms with van der Waals surface area (Å²) >= 11 is 0. The van der Waals surface area contributed by atoms with Gasteiger partial charge in [0.15, 0.2) is 0 Å². The molecule has 0 bridgehead atoms. The lowest BCUT2D eigenvalue weighted by atomic mass is 9.67. The zero-order valence-corrected chi connectivity index (χ0v) is 8.51. The highest BCUT2D eigenvalue weighted by Crippen LogP contribution is 2.46. The Hall–Kier alpha value is -0.530. The van der Waals surface area contributed by atoms with Crippen LogP contribution in [0.4, 0.5) is 0 Å². The molecule has 1 saturated carbocycles. The number of carbonyl (C=O) groups excluding carboxylic acids is 1. The van der Waals surface area contributed by atoms with Crippen molar-refractivity contribution in [2.75, 3.05) is 0 Å². The van der Waals surface area contributed by atoms with Gasteiger partial charge in [-0.1, -0.05) is 20.3 Å². The zero-order valence-electron chi connectivity index (χ0n) is 8.51. The van der Waals surface area contributed by atoms with Crippen molar-refractivity contribution in [3.05, 3.63) is 0 Å². The van der Waals surface area contributed by atoms with Crippen molar-refractivity contribution in [1.29, 1.82) is 0 Å². The van der Waals surface area contributed by atoms with E-state index in [0.717, 1.165) is 12.8 Å². The number of carbonyl (C=O) groups is 1. The Morgan fingerprint density at radius 3 is 3.00 bits per heavy atom. The lowest BCUT2D eigenvalue weighted by Gasteiger charge is -2.45. The summed E-state index contributed by atoms with van der Waals surface area (Å²) in [5, 5.41) is 0. The molecule has 0 aromatic heterocycles. The summed E-state index contributed by atoms with van der Waals surface area (Å²) in [4.78, 5) is 11.4. The maximum atomic E-state index is 11.4. The predicted molar refractivity (Wildman–Crippen MR) is 50.2 cm³/mol. The van der Waals surface area contributed by atoms with Crippen molar-refractivity contribution < 1.29 is 9.53 Å². The quantitative estimate of drug-likeness (QED) is 0.538. The molecule has 2 fully saturated rings. The van der Waals surface area contributed by atoms with Crippen LogP contribution in [0.5, 0.6) is 0 Å². The van der Waals surface area contributed by atoms with Crippen molar-refractivity contribution in [2.24, 2.45) is 11.3 Å². The van der Waals surface area contributed by atoms with E-state index in [1.54, 1.807) is 0 Å². The van der Waals surface area contributed by atoms with E-state index in [0.29, 0.717) is 0 Å². The molecule has 0 spiro atoms. The molecule has 1 heterocycles. The molecule has 2 heteroatoms. The minimum absolute atomic E-state index is 0.0179. The maximum Gasteiger partial charge on any atom is 0.308 e. The first-order valence-electron chi connectivity index (χ1n) is 5.32. The van der Waals surface area contributed by atoms with Crippen molar-refractivity contribution >= 4 is 5.97 Å². The van der Waals surface area contributed by atoms with Gasteiger partial charge in [0, 0.05) is 5.41 Å². The zero-order chi connectivity index (χ0) is 9.47. The van der Waals surface area contributed by atoms with Crippen LogP contribution in [0.3, 0.4) is 0 Å². The fourth-order valence-corrected chi connectivity index (χ4v) is 2.84. The summed E-state index contributed by atoms with van der Waals surface area (Å²) < 4.78 is 5.47. The molecular weight excluding hydrogens is 164 g/mol. The largest absolute Gasteiger partial charge is 0.462 e. The van der Waals surface area contributed by atoms with E-state index in [1.165, 1.54) is 19.3 Å². The molecule has 0 aromatic carbocycles. The second-order valence-corrected chi connectivity index (χ2v) is 4.93. The Morgan fingerprint density at radius 1 is 1.46 bits per heavy atom. The van der Waals surface area contributed by atoms with Crippen LogP contribution in [0.25, 0.3) is 0 Å². The summed E-state index contributed by atoms with van der Waals surface area (Å²) in [6, 6.07) is 0. The molecule has 13 heavy (non-hydrogen) atoms. The number of hydrogen-bond donors (Lipinski definition) is 0. The van der Waals surface area contributed by atoms with E-state index in [-0.39, 0.29) is 23.4 Å². The molecule has 2 aliphatic rings. The van der Waals surface area contributed by atoms with Gasteiger partial charge in [-0.15, -0.1) is 0 Å². The van der Waals surface area contributed by atoms with E-state index in [2.05, 4.69) is 6.92 Å². The summed E-state index contributed by atoms with van der Waals surface area (Å²) in [6.45, 7) is 4.26. The Balaban J connectivity index is 2.15. The standard InChI is InChI=1S/C11H18O2/c1-8-7-11(2)6-4-3-5-9(11)13-10(8)12/h8-9H,3-7H2,1-2H3/t8?,9-,11-/m1/s1. The Kier molecular flexibility index (Phi) is 2.09. The van der Waals surface area contributed by atoms with Gasteiger partial charge < -0.3 is 4.74 Å². The van der Waals surface area contributed by atoms with Crippen LogP contribution < -0.4 is 0 Å². The third-order valence-corrected chi connectivity index (χ3v) is 3.67. The van der Waals surface area contributed by atoms with Crippen LogP contribution in [0.15, 0.2) is 0 Å². The first-order chi connectivity index (χ1) is 6.12. The molecule has 0 radical (unpaired) electrons. The summed E-state index contributed by atoms with van der Waals surface area (Å²) in [5.74, 6) is 0.128. The topological polar surface area (TPSA) is 26.3 Å². The maximum absolute atomic E-state index is 11.4. The monoisotopic (exact) mass is 182 g/mol. The second-order valence-electron chi connectivity index (χ2n) is 4.93. The summed E-state index contributed by atoms with van der Waals surface area (Å²) in [5.41, 5.74) is 0.283. The molecule has 0 amide bonds. The third-order valence-electron chi connectivity index (χ3n) is 3.67. The molecule has 0 aromatic rings. The fourth-order valence-electron chi connectivity index (χ4n) is 2.84.